The minimum absolute atomic E-state index is 0.0202. The lowest BCUT2D eigenvalue weighted by molar-refractivity contribution is -0.140. The second kappa shape index (κ2) is 11.2. The van der Waals surface area contributed by atoms with Gasteiger partial charge in [-0.1, -0.05) is 0 Å². The van der Waals surface area contributed by atoms with Gasteiger partial charge in [-0.15, -0.1) is 0 Å². The molecule has 2 aromatic heterocycles. The molecule has 1 aromatic carbocycles. The predicted octanol–water partition coefficient (Wildman–Crippen LogP) is 3.26. The van der Waals surface area contributed by atoms with Crippen LogP contribution in [0.4, 0.5) is 4.39 Å². The van der Waals surface area contributed by atoms with E-state index in [2.05, 4.69) is 25.6 Å². The first-order chi connectivity index (χ1) is 18.4. The fourth-order valence-electron chi connectivity index (χ4n) is 5.52. The normalized spacial score (nSPS) is 20.0. The molecule has 9 nitrogen and oxygen atoms in total. The Hall–Kier alpha value is -3.37. The molecule has 0 bridgehead atoms. The van der Waals surface area contributed by atoms with E-state index >= 15 is 0 Å². The second-order valence-corrected chi connectivity index (χ2v) is 10.2. The summed E-state index contributed by atoms with van der Waals surface area (Å²) >= 11 is 0. The van der Waals surface area contributed by atoms with E-state index in [0.29, 0.717) is 31.3 Å². The third-order valence-electron chi connectivity index (χ3n) is 7.75. The Kier molecular flexibility index (Phi) is 7.71. The Morgan fingerprint density at radius 3 is 2.61 bits per heavy atom. The highest BCUT2D eigenvalue weighted by atomic mass is 19.1. The van der Waals surface area contributed by atoms with Gasteiger partial charge in [0.15, 0.2) is 0 Å². The van der Waals surface area contributed by atoms with E-state index in [4.69, 9.17) is 4.74 Å². The maximum Gasteiger partial charge on any atom is 0.246 e. The third kappa shape index (κ3) is 5.28. The van der Waals surface area contributed by atoms with Crippen LogP contribution in [-0.4, -0.2) is 70.6 Å². The second-order valence-electron chi connectivity index (χ2n) is 10.2. The summed E-state index contributed by atoms with van der Waals surface area (Å²) in [5, 5.41) is 6.00. The van der Waals surface area contributed by atoms with Gasteiger partial charge >= 0.3 is 0 Å². The summed E-state index contributed by atoms with van der Waals surface area (Å²) in [7, 11) is 1.73. The Morgan fingerprint density at radius 1 is 1.16 bits per heavy atom. The summed E-state index contributed by atoms with van der Waals surface area (Å²) < 4.78 is 19.1. The quantitative estimate of drug-likeness (QED) is 0.439. The van der Waals surface area contributed by atoms with Crippen LogP contribution in [0.3, 0.4) is 0 Å². The van der Waals surface area contributed by atoms with Gasteiger partial charge in [-0.05, 0) is 82.8 Å². The van der Waals surface area contributed by atoms with E-state index < -0.39 is 12.1 Å². The summed E-state index contributed by atoms with van der Waals surface area (Å²) in [5.41, 5.74) is 3.88. The molecule has 0 radical (unpaired) electrons. The van der Waals surface area contributed by atoms with Gasteiger partial charge in [0, 0.05) is 31.0 Å². The SMILES string of the molecule is CNC(C)C(=O)NC(C(=O)N1CCCC1c1cc2nc(C)nc(-c3ccc(F)cc3)c2[nH]1)C1CCOCC1. The molecule has 3 N–H and O–H groups in total. The van der Waals surface area contributed by atoms with Crippen LogP contribution in [0.2, 0.25) is 0 Å². The molecule has 38 heavy (non-hydrogen) atoms. The molecule has 2 aliphatic heterocycles. The molecule has 3 atom stereocenters. The molecule has 2 fully saturated rings. The van der Waals surface area contributed by atoms with E-state index in [9.17, 15) is 14.0 Å². The van der Waals surface area contributed by atoms with Crippen LogP contribution in [0.5, 0.6) is 0 Å². The van der Waals surface area contributed by atoms with Crippen molar-refractivity contribution >= 4 is 22.8 Å². The minimum Gasteiger partial charge on any atom is -0.381 e. The first-order valence-electron chi connectivity index (χ1n) is 13.3. The van der Waals surface area contributed by atoms with Gasteiger partial charge in [-0.3, -0.25) is 9.59 Å². The maximum absolute atomic E-state index is 14.0. The molecular weight excluding hydrogens is 487 g/mol. The fourth-order valence-corrected chi connectivity index (χ4v) is 5.52. The monoisotopic (exact) mass is 522 g/mol. The van der Waals surface area contributed by atoms with E-state index in [-0.39, 0.29) is 29.6 Å². The first-order valence-corrected chi connectivity index (χ1v) is 13.3. The number of aromatic amines is 1. The molecule has 0 spiro atoms. The summed E-state index contributed by atoms with van der Waals surface area (Å²) in [6, 6.07) is 7.05. The lowest BCUT2D eigenvalue weighted by Gasteiger charge is -2.35. The lowest BCUT2D eigenvalue weighted by Crippen LogP contribution is -2.56. The fraction of sp³-hybridized carbons (Fsp3) is 0.500. The third-order valence-corrected chi connectivity index (χ3v) is 7.75. The molecule has 5 rings (SSSR count). The van der Waals surface area contributed by atoms with Gasteiger partial charge in [0.25, 0.3) is 0 Å². The highest BCUT2D eigenvalue weighted by molar-refractivity contribution is 5.92. The Bertz CT molecular complexity index is 1300. The van der Waals surface area contributed by atoms with Gasteiger partial charge < -0.3 is 25.3 Å². The number of aromatic nitrogens is 3. The lowest BCUT2D eigenvalue weighted by atomic mass is 9.90. The Morgan fingerprint density at radius 2 is 1.89 bits per heavy atom. The maximum atomic E-state index is 14.0. The molecule has 3 unspecified atom stereocenters. The van der Waals surface area contributed by atoms with Crippen molar-refractivity contribution in [1.82, 2.24) is 30.5 Å². The van der Waals surface area contributed by atoms with Crippen molar-refractivity contribution in [2.75, 3.05) is 26.8 Å². The van der Waals surface area contributed by atoms with Crippen molar-refractivity contribution in [2.24, 2.45) is 5.92 Å². The summed E-state index contributed by atoms with van der Waals surface area (Å²) in [5.74, 6) is 0.0805. The molecule has 10 heteroatoms. The number of benzene rings is 1. The number of likely N-dealkylation sites (N-methyl/N-ethyl adjacent to an activating group) is 1. The average molecular weight is 523 g/mol. The van der Waals surface area contributed by atoms with E-state index in [0.717, 1.165) is 48.0 Å². The number of hydrogen-bond acceptors (Lipinski definition) is 6. The summed E-state index contributed by atoms with van der Waals surface area (Å²) in [4.78, 5) is 41.5. The number of rotatable bonds is 7. The standard InChI is InChI=1S/C28H35FN6O3/c1-16(30-3)27(36)34-25(19-10-13-38-14-11-19)28(37)35-12-4-5-23(35)21-15-22-26(33-21)24(32-17(2)31-22)18-6-8-20(29)9-7-18/h6-9,15-16,19,23,25,30,33H,4-5,10-14H2,1-3H3,(H,34,36). The molecule has 0 aliphatic carbocycles. The van der Waals surface area contributed by atoms with Crippen LogP contribution in [0.1, 0.15) is 50.2 Å². The molecular formula is C28H35FN6O3. The van der Waals surface area contributed by atoms with Gasteiger partial charge in [0.05, 0.1) is 28.8 Å². The van der Waals surface area contributed by atoms with Gasteiger partial charge in [0.2, 0.25) is 11.8 Å². The average Bonchev–Trinajstić information content (AvgIpc) is 3.58. The number of halogens is 1. The van der Waals surface area contributed by atoms with Crippen LogP contribution >= 0.6 is 0 Å². The zero-order valence-corrected chi connectivity index (χ0v) is 22.1. The molecule has 2 amide bonds. The van der Waals surface area contributed by atoms with E-state index in [1.807, 2.05) is 17.9 Å². The van der Waals surface area contributed by atoms with Gasteiger partial charge in [-0.25, -0.2) is 14.4 Å². The van der Waals surface area contributed by atoms with Gasteiger partial charge in [-0.2, -0.15) is 0 Å². The van der Waals surface area contributed by atoms with Crippen LogP contribution < -0.4 is 10.6 Å². The van der Waals surface area contributed by atoms with Crippen LogP contribution in [-0.2, 0) is 14.3 Å². The Labute approximate surface area is 221 Å². The van der Waals surface area contributed by atoms with E-state index in [1.165, 1.54) is 12.1 Å². The number of H-pyrrole nitrogens is 1. The number of hydrogen-bond donors (Lipinski definition) is 3. The number of carbonyl (C=O) groups excluding carboxylic acids is 2. The highest BCUT2D eigenvalue weighted by Crippen LogP contribution is 2.36. The summed E-state index contributed by atoms with van der Waals surface area (Å²) in [6.45, 7) is 5.40. The zero-order chi connectivity index (χ0) is 26.8. The summed E-state index contributed by atoms with van der Waals surface area (Å²) in [6.07, 6.45) is 3.12. The van der Waals surface area contributed by atoms with Crippen molar-refractivity contribution < 1.29 is 18.7 Å². The van der Waals surface area contributed by atoms with Gasteiger partial charge in [0.1, 0.15) is 17.7 Å². The van der Waals surface area contributed by atoms with E-state index in [1.54, 1.807) is 26.1 Å². The highest BCUT2D eigenvalue weighted by Gasteiger charge is 2.40. The molecule has 3 aromatic rings. The molecule has 4 heterocycles. The number of likely N-dealkylation sites (tertiary alicyclic amines) is 1. The number of nitrogens with zero attached hydrogens (tertiary/aromatic N) is 3. The largest absolute Gasteiger partial charge is 0.381 e. The number of ether oxygens (including phenoxy) is 1. The molecule has 202 valence electrons. The Balaban J connectivity index is 1.46. The minimum atomic E-state index is -0.607. The number of fused-ring (bicyclic) bond motifs is 1. The topological polar surface area (TPSA) is 112 Å². The predicted molar refractivity (Wildman–Crippen MR) is 142 cm³/mol. The molecule has 0 saturated carbocycles. The zero-order valence-electron chi connectivity index (χ0n) is 22.1. The van der Waals surface area contributed by atoms with Crippen molar-refractivity contribution in [1.29, 1.82) is 0 Å². The van der Waals surface area contributed by atoms with Crippen molar-refractivity contribution in [3.63, 3.8) is 0 Å². The van der Waals surface area contributed by atoms with Crippen molar-refractivity contribution in [2.45, 2.75) is 57.7 Å². The number of amides is 2. The number of nitrogens with one attached hydrogen (secondary N) is 3. The number of aryl methyl sites for hydroxylation is 1. The smallest absolute Gasteiger partial charge is 0.246 e. The van der Waals surface area contributed by atoms with Crippen molar-refractivity contribution in [3.8, 4) is 11.3 Å². The molecule has 2 aliphatic rings. The first kappa shape index (κ1) is 26.2. The molecule has 2 saturated heterocycles. The van der Waals surface area contributed by atoms with Crippen LogP contribution in [0.15, 0.2) is 30.3 Å². The van der Waals surface area contributed by atoms with Crippen LogP contribution in [0, 0.1) is 18.7 Å². The number of carbonyl (C=O) groups is 2. The van der Waals surface area contributed by atoms with Crippen molar-refractivity contribution in [3.05, 3.63) is 47.7 Å². The van der Waals surface area contributed by atoms with Crippen LogP contribution in [0.25, 0.3) is 22.3 Å².